The van der Waals surface area contributed by atoms with Gasteiger partial charge < -0.3 is 15.8 Å². The predicted molar refractivity (Wildman–Crippen MR) is 94.6 cm³/mol. The zero-order chi connectivity index (χ0) is 16.8. The van der Waals surface area contributed by atoms with Crippen molar-refractivity contribution >= 4 is 5.96 Å². The van der Waals surface area contributed by atoms with E-state index in [0.29, 0.717) is 31.8 Å². The number of nitrogens with two attached hydrogens (primary N) is 1. The molecule has 3 N–H and O–H groups in total. The van der Waals surface area contributed by atoms with Crippen molar-refractivity contribution in [2.45, 2.75) is 56.4 Å². The molecule has 1 saturated carbocycles. The molecule has 3 rings (SSSR count). The molecule has 2 aliphatic rings. The Hall–Kier alpha value is -1.62. The lowest BCUT2D eigenvalue weighted by molar-refractivity contribution is 0.0531. The molecule has 0 unspecified atom stereocenters. The first-order chi connectivity index (χ1) is 11.7. The van der Waals surface area contributed by atoms with Crippen LogP contribution >= 0.6 is 0 Å². The second-order valence-corrected chi connectivity index (χ2v) is 7.08. The van der Waals surface area contributed by atoms with E-state index < -0.39 is 0 Å². The van der Waals surface area contributed by atoms with Crippen molar-refractivity contribution in [1.29, 1.82) is 0 Å². The van der Waals surface area contributed by atoms with Gasteiger partial charge in [-0.05, 0) is 43.4 Å². The molecule has 0 radical (unpaired) electrons. The third kappa shape index (κ3) is 4.26. The van der Waals surface area contributed by atoms with Crippen LogP contribution in [-0.4, -0.2) is 31.8 Å². The van der Waals surface area contributed by atoms with E-state index >= 15 is 0 Å². The standard InChI is InChI=1S/C19H28FN3O/c20-16-8-6-15(7-9-16)19(10-12-24-13-11-19)14-22-18(21)23-17-4-2-1-3-5-17/h6-9,17H,1-5,10-14H2,(H3,21,22,23). The van der Waals surface area contributed by atoms with Gasteiger partial charge in [-0.15, -0.1) is 0 Å². The molecule has 5 heteroatoms. The zero-order valence-electron chi connectivity index (χ0n) is 14.3. The summed E-state index contributed by atoms with van der Waals surface area (Å²) in [5.41, 5.74) is 7.15. The zero-order valence-corrected chi connectivity index (χ0v) is 14.3. The van der Waals surface area contributed by atoms with Gasteiger partial charge in [-0.2, -0.15) is 0 Å². The smallest absolute Gasteiger partial charge is 0.188 e. The minimum atomic E-state index is -0.206. The maximum Gasteiger partial charge on any atom is 0.188 e. The molecule has 0 amide bonds. The lowest BCUT2D eigenvalue weighted by Gasteiger charge is -2.36. The summed E-state index contributed by atoms with van der Waals surface area (Å²) in [4.78, 5) is 4.65. The number of aliphatic imine (C=N–C) groups is 1. The van der Waals surface area contributed by atoms with Crippen molar-refractivity contribution in [3.05, 3.63) is 35.6 Å². The van der Waals surface area contributed by atoms with Gasteiger partial charge in [0.1, 0.15) is 5.82 Å². The fraction of sp³-hybridized carbons (Fsp3) is 0.632. The van der Waals surface area contributed by atoms with Crippen molar-refractivity contribution in [2.75, 3.05) is 19.8 Å². The summed E-state index contributed by atoms with van der Waals surface area (Å²) in [6.45, 7) is 2.04. The summed E-state index contributed by atoms with van der Waals surface area (Å²) in [6, 6.07) is 7.26. The molecule has 0 aromatic heterocycles. The van der Waals surface area contributed by atoms with Gasteiger partial charge in [-0.3, -0.25) is 4.99 Å². The molecule has 1 saturated heterocycles. The molecule has 0 bridgehead atoms. The summed E-state index contributed by atoms with van der Waals surface area (Å²) in [7, 11) is 0. The SMILES string of the molecule is NC(=NCC1(c2ccc(F)cc2)CCOCC1)NC1CCCCC1. The monoisotopic (exact) mass is 333 g/mol. The average molecular weight is 333 g/mol. The third-order valence-electron chi connectivity index (χ3n) is 5.42. The first-order valence-electron chi connectivity index (χ1n) is 9.08. The number of guanidine groups is 1. The Labute approximate surface area is 143 Å². The highest BCUT2D eigenvalue weighted by Gasteiger charge is 2.34. The molecule has 1 aromatic rings. The van der Waals surface area contributed by atoms with Gasteiger partial charge in [-0.1, -0.05) is 31.4 Å². The van der Waals surface area contributed by atoms with E-state index in [0.717, 1.165) is 18.4 Å². The molecule has 4 nitrogen and oxygen atoms in total. The Bertz CT molecular complexity index is 546. The normalized spacial score (nSPS) is 22.3. The first kappa shape index (κ1) is 17.2. The van der Waals surface area contributed by atoms with Gasteiger partial charge in [0.05, 0.1) is 6.54 Å². The number of halogens is 1. The summed E-state index contributed by atoms with van der Waals surface area (Å²) in [5, 5.41) is 3.37. The number of nitrogens with zero attached hydrogens (tertiary/aromatic N) is 1. The fourth-order valence-corrected chi connectivity index (χ4v) is 3.84. The lowest BCUT2D eigenvalue weighted by Crippen LogP contribution is -2.43. The largest absolute Gasteiger partial charge is 0.381 e. The molecule has 24 heavy (non-hydrogen) atoms. The quantitative estimate of drug-likeness (QED) is 0.657. The van der Waals surface area contributed by atoms with Crippen LogP contribution in [0.3, 0.4) is 0 Å². The maximum absolute atomic E-state index is 13.3. The predicted octanol–water partition coefficient (Wildman–Crippen LogP) is 3.11. The van der Waals surface area contributed by atoms with Crippen molar-refractivity contribution in [1.82, 2.24) is 5.32 Å². The summed E-state index contributed by atoms with van der Waals surface area (Å²) in [5.74, 6) is 0.331. The van der Waals surface area contributed by atoms with Crippen LogP contribution in [0.2, 0.25) is 0 Å². The lowest BCUT2D eigenvalue weighted by atomic mass is 9.74. The molecular formula is C19H28FN3O. The molecule has 2 fully saturated rings. The molecule has 0 atom stereocenters. The Morgan fingerprint density at radius 2 is 1.83 bits per heavy atom. The molecule has 132 valence electrons. The minimum absolute atomic E-state index is 0.106. The van der Waals surface area contributed by atoms with Gasteiger partial charge >= 0.3 is 0 Å². The average Bonchev–Trinajstić information content (AvgIpc) is 2.62. The highest BCUT2D eigenvalue weighted by atomic mass is 19.1. The van der Waals surface area contributed by atoms with Crippen molar-refractivity contribution in [3.63, 3.8) is 0 Å². The van der Waals surface area contributed by atoms with E-state index in [4.69, 9.17) is 10.5 Å². The summed E-state index contributed by atoms with van der Waals surface area (Å²) >= 11 is 0. The number of nitrogens with one attached hydrogen (secondary N) is 1. The second kappa shape index (κ2) is 7.97. The number of rotatable bonds is 4. The van der Waals surface area contributed by atoms with Crippen molar-refractivity contribution < 1.29 is 9.13 Å². The highest BCUT2D eigenvalue weighted by molar-refractivity contribution is 5.78. The van der Waals surface area contributed by atoms with Crippen LogP contribution in [0.4, 0.5) is 4.39 Å². The molecular weight excluding hydrogens is 305 g/mol. The van der Waals surface area contributed by atoms with E-state index in [1.165, 1.54) is 44.2 Å². The Balaban J connectivity index is 1.69. The van der Waals surface area contributed by atoms with Crippen LogP contribution in [0.25, 0.3) is 0 Å². The van der Waals surface area contributed by atoms with Crippen LogP contribution in [0.1, 0.15) is 50.5 Å². The van der Waals surface area contributed by atoms with Crippen LogP contribution in [0, 0.1) is 5.82 Å². The van der Waals surface area contributed by atoms with Crippen molar-refractivity contribution in [2.24, 2.45) is 10.7 Å². The van der Waals surface area contributed by atoms with E-state index in [1.54, 1.807) is 0 Å². The highest BCUT2D eigenvalue weighted by Crippen LogP contribution is 2.35. The van der Waals surface area contributed by atoms with Gasteiger partial charge in [0, 0.05) is 24.7 Å². The van der Waals surface area contributed by atoms with Crippen LogP contribution in [0.15, 0.2) is 29.3 Å². The van der Waals surface area contributed by atoms with E-state index in [1.807, 2.05) is 12.1 Å². The maximum atomic E-state index is 13.3. The van der Waals surface area contributed by atoms with Gasteiger partial charge in [0.2, 0.25) is 0 Å². The number of hydrogen-bond donors (Lipinski definition) is 2. The van der Waals surface area contributed by atoms with E-state index in [9.17, 15) is 4.39 Å². The third-order valence-corrected chi connectivity index (χ3v) is 5.42. The van der Waals surface area contributed by atoms with Gasteiger partial charge in [0.25, 0.3) is 0 Å². The first-order valence-corrected chi connectivity index (χ1v) is 9.08. The molecule has 1 aromatic carbocycles. The van der Waals surface area contributed by atoms with E-state index in [2.05, 4.69) is 10.3 Å². The molecule has 1 heterocycles. The van der Waals surface area contributed by atoms with Crippen molar-refractivity contribution in [3.8, 4) is 0 Å². The number of benzene rings is 1. The van der Waals surface area contributed by atoms with Crippen LogP contribution in [-0.2, 0) is 10.2 Å². The van der Waals surface area contributed by atoms with Gasteiger partial charge in [0.15, 0.2) is 5.96 Å². The van der Waals surface area contributed by atoms with E-state index in [-0.39, 0.29) is 11.2 Å². The second-order valence-electron chi connectivity index (χ2n) is 7.08. The molecule has 0 spiro atoms. The Kier molecular flexibility index (Phi) is 5.72. The summed E-state index contributed by atoms with van der Waals surface area (Å²) < 4.78 is 18.8. The fourth-order valence-electron chi connectivity index (χ4n) is 3.84. The Morgan fingerprint density at radius 1 is 1.17 bits per heavy atom. The summed E-state index contributed by atoms with van der Waals surface area (Å²) in [6.07, 6.45) is 7.98. The molecule has 1 aliphatic carbocycles. The molecule has 1 aliphatic heterocycles. The Morgan fingerprint density at radius 3 is 2.50 bits per heavy atom. The van der Waals surface area contributed by atoms with Crippen LogP contribution < -0.4 is 11.1 Å². The van der Waals surface area contributed by atoms with Crippen LogP contribution in [0.5, 0.6) is 0 Å². The van der Waals surface area contributed by atoms with Gasteiger partial charge in [-0.25, -0.2) is 4.39 Å². The minimum Gasteiger partial charge on any atom is -0.381 e. The topological polar surface area (TPSA) is 59.6 Å². The number of ether oxygens (including phenoxy) is 1. The number of hydrogen-bond acceptors (Lipinski definition) is 2.